The van der Waals surface area contributed by atoms with Crippen molar-refractivity contribution in [3.8, 4) is 0 Å². The molecule has 16 heavy (non-hydrogen) atoms. The van der Waals surface area contributed by atoms with Crippen LogP contribution in [0.4, 0.5) is 5.82 Å². The SMILES string of the molecule is CCc1cnc(SC)nc1NC1CCCC1. The highest BCUT2D eigenvalue weighted by molar-refractivity contribution is 7.98. The molecule has 0 radical (unpaired) electrons. The van der Waals surface area contributed by atoms with Crippen molar-refractivity contribution < 1.29 is 0 Å². The van der Waals surface area contributed by atoms with Gasteiger partial charge in [-0.2, -0.15) is 0 Å². The Hall–Kier alpha value is -0.770. The lowest BCUT2D eigenvalue weighted by Crippen LogP contribution is -2.17. The van der Waals surface area contributed by atoms with E-state index in [1.54, 1.807) is 11.8 Å². The summed E-state index contributed by atoms with van der Waals surface area (Å²) in [7, 11) is 0. The molecule has 1 aromatic heterocycles. The van der Waals surface area contributed by atoms with E-state index in [1.807, 2.05) is 12.5 Å². The van der Waals surface area contributed by atoms with E-state index in [4.69, 9.17) is 0 Å². The summed E-state index contributed by atoms with van der Waals surface area (Å²) in [5.74, 6) is 1.05. The Kier molecular flexibility index (Phi) is 4.04. The first kappa shape index (κ1) is 11.7. The molecule has 1 saturated carbocycles. The maximum absolute atomic E-state index is 4.57. The molecule has 88 valence electrons. The van der Waals surface area contributed by atoms with Gasteiger partial charge in [-0.1, -0.05) is 31.5 Å². The first-order chi connectivity index (χ1) is 7.83. The van der Waals surface area contributed by atoms with Gasteiger partial charge in [-0.3, -0.25) is 0 Å². The first-order valence-corrected chi connectivity index (χ1v) is 7.22. The van der Waals surface area contributed by atoms with Crippen LogP contribution in [0.5, 0.6) is 0 Å². The lowest BCUT2D eigenvalue weighted by Gasteiger charge is -2.15. The highest BCUT2D eigenvalue weighted by Gasteiger charge is 2.16. The molecule has 0 aliphatic heterocycles. The maximum atomic E-state index is 4.57. The Morgan fingerprint density at radius 2 is 2.19 bits per heavy atom. The summed E-state index contributed by atoms with van der Waals surface area (Å²) in [6, 6.07) is 0.620. The normalized spacial score (nSPS) is 16.6. The van der Waals surface area contributed by atoms with E-state index >= 15 is 0 Å². The van der Waals surface area contributed by atoms with Crippen LogP contribution in [0.3, 0.4) is 0 Å². The zero-order valence-electron chi connectivity index (χ0n) is 9.99. The molecule has 0 bridgehead atoms. The molecule has 0 saturated heterocycles. The van der Waals surface area contributed by atoms with Gasteiger partial charge >= 0.3 is 0 Å². The van der Waals surface area contributed by atoms with Gasteiger partial charge < -0.3 is 5.32 Å². The number of anilines is 1. The third-order valence-electron chi connectivity index (χ3n) is 3.10. The van der Waals surface area contributed by atoms with E-state index in [2.05, 4.69) is 22.2 Å². The molecule has 1 N–H and O–H groups in total. The molecular formula is C12H19N3S. The molecule has 3 nitrogen and oxygen atoms in total. The van der Waals surface area contributed by atoms with Crippen molar-refractivity contribution in [1.82, 2.24) is 9.97 Å². The van der Waals surface area contributed by atoms with Crippen LogP contribution in [0.15, 0.2) is 11.4 Å². The predicted molar refractivity (Wildman–Crippen MR) is 69.1 cm³/mol. The summed E-state index contributed by atoms with van der Waals surface area (Å²) in [6.45, 7) is 2.15. The second-order valence-electron chi connectivity index (χ2n) is 4.21. The van der Waals surface area contributed by atoms with Crippen LogP contribution in [0.2, 0.25) is 0 Å². The molecule has 0 amide bonds. The Bertz CT molecular complexity index is 348. The van der Waals surface area contributed by atoms with Gasteiger partial charge in [-0.15, -0.1) is 0 Å². The highest BCUT2D eigenvalue weighted by atomic mass is 32.2. The minimum atomic E-state index is 0.620. The molecule has 0 aromatic carbocycles. The summed E-state index contributed by atoms with van der Waals surface area (Å²) in [6.07, 6.45) is 10.2. The third kappa shape index (κ3) is 2.67. The standard InChI is InChI=1S/C12H19N3S/c1-3-9-8-13-12(16-2)15-11(9)14-10-6-4-5-7-10/h8,10H,3-7H2,1-2H3,(H,13,14,15). The Morgan fingerprint density at radius 1 is 1.44 bits per heavy atom. The third-order valence-corrected chi connectivity index (χ3v) is 3.66. The molecule has 1 aliphatic rings. The average molecular weight is 237 g/mol. The fourth-order valence-electron chi connectivity index (χ4n) is 2.14. The summed E-state index contributed by atoms with van der Waals surface area (Å²) in [5.41, 5.74) is 1.23. The molecule has 0 unspecified atom stereocenters. The number of hydrogen-bond acceptors (Lipinski definition) is 4. The van der Waals surface area contributed by atoms with E-state index in [0.717, 1.165) is 17.4 Å². The topological polar surface area (TPSA) is 37.8 Å². The van der Waals surface area contributed by atoms with Gasteiger partial charge in [0.2, 0.25) is 0 Å². The van der Waals surface area contributed by atoms with Gasteiger partial charge in [-0.05, 0) is 25.5 Å². The molecule has 1 heterocycles. The van der Waals surface area contributed by atoms with Gasteiger partial charge in [0.05, 0.1) is 0 Å². The van der Waals surface area contributed by atoms with Crippen molar-refractivity contribution in [2.75, 3.05) is 11.6 Å². The van der Waals surface area contributed by atoms with Crippen molar-refractivity contribution in [2.45, 2.75) is 50.2 Å². The van der Waals surface area contributed by atoms with E-state index in [9.17, 15) is 0 Å². The van der Waals surface area contributed by atoms with Gasteiger partial charge in [0, 0.05) is 17.8 Å². The lowest BCUT2D eigenvalue weighted by molar-refractivity contribution is 0.741. The number of thioether (sulfide) groups is 1. The number of nitrogens with one attached hydrogen (secondary N) is 1. The van der Waals surface area contributed by atoms with Crippen LogP contribution in [0.25, 0.3) is 0 Å². The summed E-state index contributed by atoms with van der Waals surface area (Å²) in [5, 5.41) is 4.43. The number of aromatic nitrogens is 2. The average Bonchev–Trinajstić information content (AvgIpc) is 2.82. The summed E-state index contributed by atoms with van der Waals surface area (Å²) in [4.78, 5) is 8.88. The van der Waals surface area contributed by atoms with Crippen LogP contribution in [-0.2, 0) is 6.42 Å². The highest BCUT2D eigenvalue weighted by Crippen LogP contribution is 2.24. The molecular weight excluding hydrogens is 218 g/mol. The Morgan fingerprint density at radius 3 is 2.81 bits per heavy atom. The molecule has 2 rings (SSSR count). The monoisotopic (exact) mass is 237 g/mol. The Balaban J connectivity index is 2.15. The van der Waals surface area contributed by atoms with Crippen LogP contribution >= 0.6 is 11.8 Å². The van der Waals surface area contributed by atoms with Gasteiger partial charge in [0.15, 0.2) is 5.16 Å². The fraction of sp³-hybridized carbons (Fsp3) is 0.667. The Labute approximate surface area is 101 Å². The number of nitrogens with zero attached hydrogens (tertiary/aromatic N) is 2. The molecule has 0 spiro atoms. The van der Waals surface area contributed by atoms with E-state index in [1.165, 1.54) is 31.2 Å². The number of aryl methyl sites for hydroxylation is 1. The maximum Gasteiger partial charge on any atom is 0.189 e. The second kappa shape index (κ2) is 5.53. The minimum Gasteiger partial charge on any atom is -0.367 e. The molecule has 1 fully saturated rings. The van der Waals surface area contributed by atoms with Crippen molar-refractivity contribution in [1.29, 1.82) is 0 Å². The van der Waals surface area contributed by atoms with Crippen molar-refractivity contribution in [3.63, 3.8) is 0 Å². The predicted octanol–water partition coefficient (Wildman–Crippen LogP) is 3.12. The summed E-state index contributed by atoms with van der Waals surface area (Å²) < 4.78 is 0. The zero-order valence-corrected chi connectivity index (χ0v) is 10.8. The van der Waals surface area contributed by atoms with Crippen LogP contribution < -0.4 is 5.32 Å². The van der Waals surface area contributed by atoms with Crippen molar-refractivity contribution in [3.05, 3.63) is 11.8 Å². The van der Waals surface area contributed by atoms with E-state index in [-0.39, 0.29) is 0 Å². The minimum absolute atomic E-state index is 0.620. The smallest absolute Gasteiger partial charge is 0.189 e. The molecule has 1 aliphatic carbocycles. The fourth-order valence-corrected chi connectivity index (χ4v) is 2.48. The van der Waals surface area contributed by atoms with Crippen LogP contribution in [-0.4, -0.2) is 22.3 Å². The van der Waals surface area contributed by atoms with Gasteiger partial charge in [-0.25, -0.2) is 9.97 Å². The van der Waals surface area contributed by atoms with E-state index in [0.29, 0.717) is 6.04 Å². The van der Waals surface area contributed by atoms with Crippen molar-refractivity contribution >= 4 is 17.6 Å². The van der Waals surface area contributed by atoms with E-state index < -0.39 is 0 Å². The van der Waals surface area contributed by atoms with Gasteiger partial charge in [0.25, 0.3) is 0 Å². The van der Waals surface area contributed by atoms with Gasteiger partial charge in [0.1, 0.15) is 5.82 Å². The summed E-state index contributed by atoms with van der Waals surface area (Å²) >= 11 is 1.60. The van der Waals surface area contributed by atoms with Crippen LogP contribution in [0.1, 0.15) is 38.2 Å². The molecule has 4 heteroatoms. The number of hydrogen-bond donors (Lipinski definition) is 1. The second-order valence-corrected chi connectivity index (χ2v) is 4.98. The number of rotatable bonds is 4. The molecule has 1 aromatic rings. The zero-order chi connectivity index (χ0) is 11.4. The largest absolute Gasteiger partial charge is 0.367 e. The van der Waals surface area contributed by atoms with Crippen molar-refractivity contribution in [2.24, 2.45) is 0 Å². The quantitative estimate of drug-likeness (QED) is 0.645. The molecule has 0 atom stereocenters. The first-order valence-electron chi connectivity index (χ1n) is 6.00. The lowest BCUT2D eigenvalue weighted by atomic mass is 10.2. The van der Waals surface area contributed by atoms with Crippen LogP contribution in [0, 0.1) is 0 Å².